The van der Waals surface area contributed by atoms with Gasteiger partial charge in [0.1, 0.15) is 12.4 Å². The summed E-state index contributed by atoms with van der Waals surface area (Å²) in [6, 6.07) is 26.9. The molecule has 5 rings (SSSR count). The molecule has 4 N–H and O–H groups in total. The number of piperidine rings is 1. The first-order chi connectivity index (χ1) is 20.4. The Morgan fingerprint density at radius 3 is 2.24 bits per heavy atom. The fraction of sp³-hybridized carbons (Fsp3) is 0.412. The lowest BCUT2D eigenvalue weighted by Gasteiger charge is -2.33. The van der Waals surface area contributed by atoms with Crippen molar-refractivity contribution in [3.05, 3.63) is 102 Å². The average Bonchev–Trinajstić information content (AvgIpc) is 3.02. The van der Waals surface area contributed by atoms with E-state index >= 15 is 0 Å². The number of esters is 1. The number of rotatable bonds is 11. The molecule has 0 unspecified atom stereocenters. The van der Waals surface area contributed by atoms with Crippen LogP contribution in [0, 0.1) is 5.92 Å². The number of hydrogen-bond acceptors (Lipinski definition) is 8. The molecular formula is C34H43N3O5. The third-order valence-corrected chi connectivity index (χ3v) is 8.05. The van der Waals surface area contributed by atoms with Gasteiger partial charge in [-0.05, 0) is 75.0 Å². The van der Waals surface area contributed by atoms with Crippen LogP contribution in [-0.4, -0.2) is 67.7 Å². The Hall–Kier alpha value is -3.56. The monoisotopic (exact) mass is 573 g/mol. The first-order valence-electron chi connectivity index (χ1n) is 14.7. The van der Waals surface area contributed by atoms with Crippen LogP contribution in [0.25, 0.3) is 0 Å². The Kier molecular flexibility index (Phi) is 11.7. The zero-order chi connectivity index (χ0) is 29.8. The predicted octanol–water partition coefficient (Wildman–Crippen LogP) is 3.65. The second-order valence-corrected chi connectivity index (χ2v) is 11.1. The van der Waals surface area contributed by atoms with Crippen LogP contribution in [0.1, 0.15) is 42.4 Å². The molecule has 224 valence electrons. The van der Waals surface area contributed by atoms with Gasteiger partial charge in [0.05, 0.1) is 6.61 Å². The molecule has 42 heavy (non-hydrogen) atoms. The summed E-state index contributed by atoms with van der Waals surface area (Å²) in [5, 5.41) is 14.9. The van der Waals surface area contributed by atoms with Crippen LogP contribution in [0.15, 0.2) is 84.9 Å². The quantitative estimate of drug-likeness (QED) is 0.235. The lowest BCUT2D eigenvalue weighted by Crippen LogP contribution is -2.46. The smallest absolute Gasteiger partial charge is 0.347 e. The SMILES string of the molecule is CNC1CC(N)C1.O=CCOc1cccc([C@](O)(C(=O)OCC2CCN(Cc3ccccc3)CC2)c2ccccc2)c1. The lowest BCUT2D eigenvalue weighted by molar-refractivity contribution is -0.164. The van der Waals surface area contributed by atoms with Gasteiger partial charge in [0.2, 0.25) is 5.60 Å². The molecule has 1 saturated carbocycles. The van der Waals surface area contributed by atoms with Gasteiger partial charge in [-0.3, -0.25) is 9.69 Å². The highest BCUT2D eigenvalue weighted by Crippen LogP contribution is 2.33. The van der Waals surface area contributed by atoms with Crippen LogP contribution >= 0.6 is 0 Å². The average molecular weight is 574 g/mol. The Balaban J connectivity index is 0.000000507. The zero-order valence-corrected chi connectivity index (χ0v) is 24.4. The van der Waals surface area contributed by atoms with Gasteiger partial charge in [-0.2, -0.15) is 0 Å². The summed E-state index contributed by atoms with van der Waals surface area (Å²) in [6.45, 7) is 2.95. The standard InChI is InChI=1S/C29H31NO5.C5H12N2/c31-18-19-34-27-13-7-12-26(20-27)29(33,25-10-5-2-6-11-25)28(32)35-22-24-14-16-30(17-15-24)21-23-8-3-1-4-9-23;1-7-5-2-4(6)3-5/h1-13,18,20,24,33H,14-17,19,21-22H2;4-5,7H,2-3,6H2,1H3/t29-;/m0./s1. The minimum atomic E-state index is -1.99. The molecule has 3 aromatic carbocycles. The molecule has 0 amide bonds. The lowest BCUT2D eigenvalue weighted by atomic mass is 9.86. The Bertz CT molecular complexity index is 1240. The fourth-order valence-electron chi connectivity index (χ4n) is 5.37. The largest absolute Gasteiger partial charge is 0.486 e. The third-order valence-electron chi connectivity index (χ3n) is 8.05. The summed E-state index contributed by atoms with van der Waals surface area (Å²) in [5.41, 5.74) is 5.55. The van der Waals surface area contributed by atoms with Crippen LogP contribution in [0.4, 0.5) is 0 Å². The number of nitrogens with zero attached hydrogens (tertiary/aromatic N) is 1. The molecule has 3 aromatic rings. The Labute approximate surface area is 248 Å². The molecule has 0 radical (unpaired) electrons. The zero-order valence-electron chi connectivity index (χ0n) is 24.4. The Morgan fingerprint density at radius 1 is 1.00 bits per heavy atom. The van der Waals surface area contributed by atoms with Crippen molar-refractivity contribution in [3.63, 3.8) is 0 Å². The molecule has 1 atom stereocenters. The van der Waals surface area contributed by atoms with Gasteiger partial charge in [-0.1, -0.05) is 72.8 Å². The summed E-state index contributed by atoms with van der Waals surface area (Å²) >= 11 is 0. The molecule has 2 aliphatic rings. The third kappa shape index (κ3) is 8.49. The highest BCUT2D eigenvalue weighted by atomic mass is 16.5. The topological polar surface area (TPSA) is 114 Å². The molecule has 8 nitrogen and oxygen atoms in total. The van der Waals surface area contributed by atoms with Gasteiger partial charge in [0.25, 0.3) is 0 Å². The van der Waals surface area contributed by atoms with Crippen LogP contribution in [0.2, 0.25) is 0 Å². The Morgan fingerprint density at radius 2 is 1.64 bits per heavy atom. The van der Waals surface area contributed by atoms with Crippen LogP contribution in [-0.2, 0) is 26.5 Å². The number of likely N-dealkylation sites (tertiary alicyclic amines) is 1. The first kappa shape index (κ1) is 31.4. The molecule has 1 aliphatic heterocycles. The van der Waals surface area contributed by atoms with Crippen LogP contribution < -0.4 is 15.8 Å². The normalized spacial score (nSPS) is 20.3. The van der Waals surface area contributed by atoms with E-state index in [0.29, 0.717) is 29.2 Å². The number of carbonyl (C=O) groups is 2. The summed E-state index contributed by atoms with van der Waals surface area (Å²) in [4.78, 5) is 26.5. The maximum Gasteiger partial charge on any atom is 0.347 e. The summed E-state index contributed by atoms with van der Waals surface area (Å²) in [6.07, 6.45) is 4.83. The van der Waals surface area contributed by atoms with Crippen molar-refractivity contribution in [3.8, 4) is 5.75 Å². The molecule has 2 fully saturated rings. The van der Waals surface area contributed by atoms with E-state index in [1.54, 1.807) is 48.5 Å². The molecule has 1 aliphatic carbocycles. The molecule has 1 heterocycles. The molecule has 0 aromatic heterocycles. The number of nitrogens with two attached hydrogens (primary N) is 1. The maximum atomic E-state index is 13.4. The van der Waals surface area contributed by atoms with E-state index in [-0.39, 0.29) is 19.1 Å². The van der Waals surface area contributed by atoms with Crippen molar-refractivity contribution in [2.75, 3.05) is 33.4 Å². The van der Waals surface area contributed by atoms with Gasteiger partial charge in [-0.25, -0.2) is 4.79 Å². The van der Waals surface area contributed by atoms with E-state index in [0.717, 1.165) is 51.4 Å². The van der Waals surface area contributed by atoms with E-state index in [9.17, 15) is 14.7 Å². The van der Waals surface area contributed by atoms with E-state index in [1.807, 2.05) is 19.2 Å². The van der Waals surface area contributed by atoms with Crippen molar-refractivity contribution < 1.29 is 24.2 Å². The second-order valence-electron chi connectivity index (χ2n) is 11.1. The van der Waals surface area contributed by atoms with Crippen LogP contribution in [0.3, 0.4) is 0 Å². The first-order valence-corrected chi connectivity index (χ1v) is 14.7. The summed E-state index contributed by atoms with van der Waals surface area (Å²) in [7, 11) is 1.98. The van der Waals surface area contributed by atoms with Crippen LogP contribution in [0.5, 0.6) is 5.75 Å². The van der Waals surface area contributed by atoms with Gasteiger partial charge < -0.3 is 25.6 Å². The van der Waals surface area contributed by atoms with E-state index in [1.165, 1.54) is 5.56 Å². The highest BCUT2D eigenvalue weighted by Gasteiger charge is 2.42. The van der Waals surface area contributed by atoms with Crippen molar-refractivity contribution in [2.45, 2.75) is 49.9 Å². The van der Waals surface area contributed by atoms with E-state index in [4.69, 9.17) is 15.2 Å². The maximum absolute atomic E-state index is 13.4. The predicted molar refractivity (Wildman–Crippen MR) is 163 cm³/mol. The van der Waals surface area contributed by atoms with E-state index < -0.39 is 11.6 Å². The highest BCUT2D eigenvalue weighted by molar-refractivity contribution is 5.85. The number of benzene rings is 3. The number of nitrogens with one attached hydrogen (secondary N) is 1. The van der Waals surface area contributed by atoms with Crippen molar-refractivity contribution in [1.82, 2.24) is 10.2 Å². The number of hydrogen-bond donors (Lipinski definition) is 3. The second kappa shape index (κ2) is 15.6. The number of aldehydes is 1. The van der Waals surface area contributed by atoms with Crippen molar-refractivity contribution in [1.29, 1.82) is 0 Å². The molecule has 8 heteroatoms. The number of ether oxygens (including phenoxy) is 2. The molecule has 0 bridgehead atoms. The minimum absolute atomic E-state index is 0.110. The minimum Gasteiger partial charge on any atom is -0.486 e. The number of aliphatic hydroxyl groups is 1. The van der Waals surface area contributed by atoms with Crippen molar-refractivity contribution >= 4 is 12.3 Å². The summed E-state index contributed by atoms with van der Waals surface area (Å²) in [5.74, 6) is -0.0845. The van der Waals surface area contributed by atoms with Crippen molar-refractivity contribution in [2.24, 2.45) is 11.7 Å². The molecule has 0 spiro atoms. The summed E-state index contributed by atoms with van der Waals surface area (Å²) < 4.78 is 11.1. The fourth-order valence-corrected chi connectivity index (χ4v) is 5.37. The van der Waals surface area contributed by atoms with Gasteiger partial charge >= 0.3 is 5.97 Å². The van der Waals surface area contributed by atoms with E-state index in [2.05, 4.69) is 34.5 Å². The van der Waals surface area contributed by atoms with Gasteiger partial charge in [0, 0.05) is 24.2 Å². The van der Waals surface area contributed by atoms with Gasteiger partial charge in [-0.15, -0.1) is 0 Å². The van der Waals surface area contributed by atoms with Gasteiger partial charge in [0.15, 0.2) is 6.29 Å². The molecular weight excluding hydrogens is 530 g/mol. The number of carbonyl (C=O) groups excluding carboxylic acids is 2. The molecule has 1 saturated heterocycles.